The monoisotopic (exact) mass is 448 g/mol. The lowest BCUT2D eigenvalue weighted by atomic mass is 10.0. The summed E-state index contributed by atoms with van der Waals surface area (Å²) in [6, 6.07) is 7.89. The van der Waals surface area contributed by atoms with Gasteiger partial charge in [-0.25, -0.2) is 4.98 Å². The van der Waals surface area contributed by atoms with Gasteiger partial charge in [0.05, 0.1) is 17.5 Å². The van der Waals surface area contributed by atoms with E-state index in [0.29, 0.717) is 22.8 Å². The maximum Gasteiger partial charge on any atom is 0.417 e. The van der Waals surface area contributed by atoms with Crippen LogP contribution in [0.4, 0.5) is 19.0 Å². The lowest BCUT2D eigenvalue weighted by Crippen LogP contribution is -2.13. The number of aromatic nitrogens is 3. The first-order valence-electron chi connectivity index (χ1n) is 10.3. The Bertz CT molecular complexity index is 1030. The highest BCUT2D eigenvalue weighted by Crippen LogP contribution is 2.43. The first-order valence-corrected chi connectivity index (χ1v) is 11.1. The molecule has 1 N–H and O–H groups in total. The molecule has 1 aromatic carbocycles. The summed E-state index contributed by atoms with van der Waals surface area (Å²) in [4.78, 5) is 8.92. The normalized spacial score (nSPS) is 15.2. The van der Waals surface area contributed by atoms with E-state index >= 15 is 0 Å². The van der Waals surface area contributed by atoms with Crippen molar-refractivity contribution in [1.82, 2.24) is 15.1 Å². The minimum atomic E-state index is -4.41. The molecule has 5 nitrogen and oxygen atoms in total. The van der Waals surface area contributed by atoms with E-state index in [1.54, 1.807) is 25.4 Å². The topological polar surface area (TPSA) is 63.8 Å². The fraction of sp³-hybridized carbons (Fsp3) is 0.409. The predicted molar refractivity (Wildman–Crippen MR) is 114 cm³/mol. The van der Waals surface area contributed by atoms with Gasteiger partial charge < -0.3 is 9.84 Å². The third-order valence-corrected chi connectivity index (χ3v) is 6.86. The maximum atomic E-state index is 13.8. The van der Waals surface area contributed by atoms with Gasteiger partial charge in [0.25, 0.3) is 0 Å². The Labute approximate surface area is 182 Å². The molecule has 0 radical (unpaired) electrons. The number of pyridine rings is 1. The number of rotatable bonds is 6. The van der Waals surface area contributed by atoms with Crippen molar-refractivity contribution in [2.75, 3.05) is 12.4 Å². The first kappa shape index (κ1) is 21.7. The first-order chi connectivity index (χ1) is 15.0. The Morgan fingerprint density at radius 3 is 2.68 bits per heavy atom. The molecule has 1 aliphatic carbocycles. The summed E-state index contributed by atoms with van der Waals surface area (Å²) >= 11 is 1.34. The van der Waals surface area contributed by atoms with Crippen LogP contribution in [0.3, 0.4) is 0 Å². The molecule has 1 saturated carbocycles. The van der Waals surface area contributed by atoms with Crippen LogP contribution < -0.4 is 5.32 Å². The van der Waals surface area contributed by atoms with E-state index in [-0.39, 0.29) is 22.5 Å². The van der Waals surface area contributed by atoms with Gasteiger partial charge >= 0.3 is 6.18 Å². The van der Waals surface area contributed by atoms with E-state index < -0.39 is 11.7 Å². The molecular weight excluding hydrogens is 425 g/mol. The fourth-order valence-corrected chi connectivity index (χ4v) is 5.32. The van der Waals surface area contributed by atoms with Crippen molar-refractivity contribution in [3.8, 4) is 11.4 Å². The molecule has 31 heavy (non-hydrogen) atoms. The highest BCUT2D eigenvalue weighted by Gasteiger charge is 2.35. The summed E-state index contributed by atoms with van der Waals surface area (Å²) in [5.74, 6) is 1.22. The number of hydrogen-bond donors (Lipinski definition) is 1. The van der Waals surface area contributed by atoms with Crippen LogP contribution >= 0.6 is 11.8 Å². The molecule has 2 heterocycles. The molecule has 0 unspecified atom stereocenters. The number of benzene rings is 1. The number of nitrogens with zero attached hydrogens (tertiary/aromatic N) is 3. The molecule has 4 rings (SSSR count). The van der Waals surface area contributed by atoms with Gasteiger partial charge in [-0.2, -0.15) is 18.2 Å². The number of anilines is 1. The molecule has 0 saturated heterocycles. The van der Waals surface area contributed by atoms with E-state index in [4.69, 9.17) is 4.52 Å². The van der Waals surface area contributed by atoms with Crippen molar-refractivity contribution in [1.29, 1.82) is 0 Å². The van der Waals surface area contributed by atoms with E-state index in [1.165, 1.54) is 17.8 Å². The van der Waals surface area contributed by atoms with Crippen LogP contribution in [0.2, 0.25) is 0 Å². The van der Waals surface area contributed by atoms with Crippen LogP contribution in [0, 0.1) is 0 Å². The van der Waals surface area contributed by atoms with Gasteiger partial charge in [0.15, 0.2) is 0 Å². The molecule has 0 aliphatic heterocycles. The second-order valence-corrected chi connectivity index (χ2v) is 8.82. The molecule has 2 aromatic heterocycles. The number of thioether (sulfide) groups is 1. The SMILES string of the molecule is CNc1ncccc1-c1noc(Cc2cccc(C(F)(F)F)c2SC2CCCCC2)n1. The highest BCUT2D eigenvalue weighted by atomic mass is 32.2. The average molecular weight is 449 g/mol. The van der Waals surface area contributed by atoms with Gasteiger partial charge in [0.1, 0.15) is 5.82 Å². The molecule has 0 spiro atoms. The van der Waals surface area contributed by atoms with Gasteiger partial charge in [0, 0.05) is 23.4 Å². The van der Waals surface area contributed by atoms with E-state index in [9.17, 15) is 13.2 Å². The minimum absolute atomic E-state index is 0.140. The van der Waals surface area contributed by atoms with Crippen LogP contribution in [0.15, 0.2) is 45.9 Å². The second-order valence-electron chi connectivity index (χ2n) is 7.51. The highest BCUT2D eigenvalue weighted by molar-refractivity contribution is 8.00. The van der Waals surface area contributed by atoms with E-state index in [2.05, 4.69) is 20.4 Å². The summed E-state index contributed by atoms with van der Waals surface area (Å²) in [6.07, 6.45) is 2.53. The maximum absolute atomic E-state index is 13.8. The average Bonchev–Trinajstić information content (AvgIpc) is 3.23. The van der Waals surface area contributed by atoms with Gasteiger partial charge in [-0.05, 0) is 36.6 Å². The van der Waals surface area contributed by atoms with E-state index in [1.807, 2.05) is 6.07 Å². The number of halogens is 3. The van der Waals surface area contributed by atoms with Crippen LogP contribution in [-0.2, 0) is 12.6 Å². The lowest BCUT2D eigenvalue weighted by Gasteiger charge is -2.24. The quantitative estimate of drug-likeness (QED) is 0.484. The van der Waals surface area contributed by atoms with Gasteiger partial charge in [-0.1, -0.05) is 36.6 Å². The Hall–Kier alpha value is -2.55. The van der Waals surface area contributed by atoms with Crippen molar-refractivity contribution in [3.05, 3.63) is 53.5 Å². The van der Waals surface area contributed by atoms with Crippen LogP contribution in [0.5, 0.6) is 0 Å². The van der Waals surface area contributed by atoms with Crippen molar-refractivity contribution in [3.63, 3.8) is 0 Å². The molecule has 0 amide bonds. The predicted octanol–water partition coefficient (Wildman–Crippen LogP) is 6.21. The van der Waals surface area contributed by atoms with Crippen molar-refractivity contribution < 1.29 is 17.7 Å². The van der Waals surface area contributed by atoms with Crippen LogP contribution in [0.1, 0.15) is 49.1 Å². The standard InChI is InChI=1S/C22H23F3N4OS/c1-26-20-16(10-6-12-27-20)21-28-18(30-29-21)13-14-7-5-11-17(22(23,24)25)19(14)31-15-8-3-2-4-9-15/h5-7,10-12,15H,2-4,8-9,13H2,1H3,(H,26,27). The molecule has 9 heteroatoms. The number of nitrogens with one attached hydrogen (secondary N) is 1. The third kappa shape index (κ3) is 5.03. The van der Waals surface area contributed by atoms with Gasteiger partial charge in [-0.3, -0.25) is 0 Å². The molecule has 164 valence electrons. The zero-order valence-corrected chi connectivity index (χ0v) is 17.9. The summed E-state index contributed by atoms with van der Waals surface area (Å²) in [5, 5.41) is 7.18. The third-order valence-electron chi connectivity index (χ3n) is 5.33. The zero-order chi connectivity index (χ0) is 21.8. The summed E-state index contributed by atoms with van der Waals surface area (Å²) in [6.45, 7) is 0. The lowest BCUT2D eigenvalue weighted by molar-refractivity contribution is -0.139. The zero-order valence-electron chi connectivity index (χ0n) is 17.1. The Balaban J connectivity index is 1.64. The summed E-state index contributed by atoms with van der Waals surface area (Å²) < 4.78 is 46.6. The van der Waals surface area contributed by atoms with Crippen molar-refractivity contribution >= 4 is 17.6 Å². The molecule has 3 aromatic rings. The summed E-state index contributed by atoms with van der Waals surface area (Å²) in [7, 11) is 1.74. The Morgan fingerprint density at radius 2 is 1.94 bits per heavy atom. The van der Waals surface area contributed by atoms with Crippen molar-refractivity contribution in [2.24, 2.45) is 0 Å². The summed E-state index contributed by atoms with van der Waals surface area (Å²) in [5.41, 5.74) is 0.631. The molecule has 0 atom stereocenters. The number of alkyl halides is 3. The Morgan fingerprint density at radius 1 is 1.13 bits per heavy atom. The fourth-order valence-electron chi connectivity index (χ4n) is 3.82. The minimum Gasteiger partial charge on any atom is -0.373 e. The second kappa shape index (κ2) is 9.30. The van der Waals surface area contributed by atoms with Crippen molar-refractivity contribution in [2.45, 2.75) is 54.8 Å². The van der Waals surface area contributed by atoms with Gasteiger partial charge in [0.2, 0.25) is 11.7 Å². The molecule has 1 aliphatic rings. The van der Waals surface area contributed by atoms with Crippen LogP contribution in [-0.4, -0.2) is 27.4 Å². The molecule has 0 bridgehead atoms. The molecule has 1 fully saturated rings. The smallest absolute Gasteiger partial charge is 0.373 e. The number of hydrogen-bond acceptors (Lipinski definition) is 6. The van der Waals surface area contributed by atoms with E-state index in [0.717, 1.165) is 38.2 Å². The largest absolute Gasteiger partial charge is 0.417 e. The van der Waals surface area contributed by atoms with Crippen LogP contribution in [0.25, 0.3) is 11.4 Å². The van der Waals surface area contributed by atoms with Gasteiger partial charge in [-0.15, -0.1) is 11.8 Å². The molecular formula is C22H23F3N4OS. The Kier molecular flexibility index (Phi) is 6.50.